The van der Waals surface area contributed by atoms with Gasteiger partial charge in [-0.3, -0.25) is 19.3 Å². The Labute approximate surface area is 170 Å². The Morgan fingerprint density at radius 3 is 2.25 bits per heavy atom. The SMILES string of the molecule is O=C(CN1C(=O)C2CCCCC2C1=O)Nc1ccc(N2CCCCC2)c(Cl)c1. The standard InChI is InChI=1S/C21H26ClN3O3/c22-17-12-14(8-9-18(17)24-10-4-1-5-11-24)23-19(26)13-25-20(27)15-6-2-3-7-16(15)21(25)28/h8-9,12,15-16H,1-7,10-11,13H2,(H,23,26). The van der Waals surface area contributed by atoms with Crippen molar-refractivity contribution in [3.63, 3.8) is 0 Å². The van der Waals surface area contributed by atoms with Gasteiger partial charge in [-0.05, 0) is 50.3 Å². The van der Waals surface area contributed by atoms with Gasteiger partial charge in [0.25, 0.3) is 0 Å². The van der Waals surface area contributed by atoms with Gasteiger partial charge in [-0.2, -0.15) is 0 Å². The molecule has 150 valence electrons. The number of hydrogen-bond acceptors (Lipinski definition) is 4. The van der Waals surface area contributed by atoms with E-state index in [1.165, 1.54) is 6.42 Å². The highest BCUT2D eigenvalue weighted by Crippen LogP contribution is 2.38. The summed E-state index contributed by atoms with van der Waals surface area (Å²) < 4.78 is 0. The summed E-state index contributed by atoms with van der Waals surface area (Å²) in [5.41, 5.74) is 1.56. The Morgan fingerprint density at radius 1 is 1.00 bits per heavy atom. The fraction of sp³-hybridized carbons (Fsp3) is 0.571. The van der Waals surface area contributed by atoms with Gasteiger partial charge in [0, 0.05) is 18.8 Å². The van der Waals surface area contributed by atoms with E-state index >= 15 is 0 Å². The van der Waals surface area contributed by atoms with Gasteiger partial charge in [-0.25, -0.2) is 0 Å². The minimum Gasteiger partial charge on any atom is -0.370 e. The lowest BCUT2D eigenvalue weighted by Crippen LogP contribution is -2.38. The van der Waals surface area contributed by atoms with Crippen LogP contribution in [0, 0.1) is 11.8 Å². The number of nitrogens with zero attached hydrogens (tertiary/aromatic N) is 2. The van der Waals surface area contributed by atoms with Crippen LogP contribution in [-0.4, -0.2) is 42.3 Å². The maximum absolute atomic E-state index is 12.5. The number of nitrogens with one attached hydrogen (secondary N) is 1. The summed E-state index contributed by atoms with van der Waals surface area (Å²) in [5.74, 6) is -1.21. The number of likely N-dealkylation sites (tertiary alicyclic amines) is 1. The van der Waals surface area contributed by atoms with E-state index < -0.39 is 0 Å². The first-order valence-electron chi connectivity index (χ1n) is 10.2. The molecule has 3 aliphatic rings. The lowest BCUT2D eigenvalue weighted by atomic mass is 9.81. The van der Waals surface area contributed by atoms with Crippen LogP contribution in [0.1, 0.15) is 44.9 Å². The summed E-state index contributed by atoms with van der Waals surface area (Å²) in [6, 6.07) is 5.47. The molecule has 0 spiro atoms. The zero-order valence-electron chi connectivity index (χ0n) is 16.0. The molecule has 0 aromatic heterocycles. The van der Waals surface area contributed by atoms with Crippen molar-refractivity contribution in [2.75, 3.05) is 29.9 Å². The van der Waals surface area contributed by atoms with E-state index in [2.05, 4.69) is 10.2 Å². The van der Waals surface area contributed by atoms with Crippen LogP contribution in [0.2, 0.25) is 5.02 Å². The molecule has 7 heteroatoms. The second-order valence-corrected chi connectivity index (χ2v) is 8.43. The maximum atomic E-state index is 12.5. The topological polar surface area (TPSA) is 69.7 Å². The van der Waals surface area contributed by atoms with E-state index in [1.54, 1.807) is 6.07 Å². The summed E-state index contributed by atoms with van der Waals surface area (Å²) in [5, 5.41) is 3.37. The average Bonchev–Trinajstić information content (AvgIpc) is 2.94. The quantitative estimate of drug-likeness (QED) is 0.782. The van der Waals surface area contributed by atoms with Crippen LogP contribution < -0.4 is 10.2 Å². The molecule has 28 heavy (non-hydrogen) atoms. The second kappa shape index (κ2) is 8.11. The predicted octanol–water partition coefficient (Wildman–Crippen LogP) is 3.44. The van der Waals surface area contributed by atoms with Crippen molar-refractivity contribution in [3.8, 4) is 0 Å². The van der Waals surface area contributed by atoms with Gasteiger partial charge in [-0.1, -0.05) is 24.4 Å². The van der Waals surface area contributed by atoms with Crippen LogP contribution in [0.4, 0.5) is 11.4 Å². The van der Waals surface area contributed by atoms with E-state index in [0.29, 0.717) is 10.7 Å². The van der Waals surface area contributed by atoms with E-state index in [0.717, 1.165) is 62.2 Å². The van der Waals surface area contributed by atoms with E-state index in [1.807, 2.05) is 12.1 Å². The fourth-order valence-electron chi connectivity index (χ4n) is 4.71. The van der Waals surface area contributed by atoms with Crippen LogP contribution in [0.15, 0.2) is 18.2 Å². The van der Waals surface area contributed by atoms with Crippen molar-refractivity contribution in [1.82, 2.24) is 4.90 Å². The molecule has 0 bridgehead atoms. The minimum atomic E-state index is -0.373. The number of benzene rings is 1. The molecule has 1 saturated carbocycles. The van der Waals surface area contributed by atoms with Gasteiger partial charge in [0.1, 0.15) is 6.54 Å². The Balaban J connectivity index is 1.39. The van der Waals surface area contributed by atoms with Gasteiger partial charge in [0.15, 0.2) is 0 Å². The molecule has 2 atom stereocenters. The lowest BCUT2D eigenvalue weighted by Gasteiger charge is -2.29. The molecule has 2 saturated heterocycles. The zero-order chi connectivity index (χ0) is 19.7. The molecular weight excluding hydrogens is 378 g/mol. The number of fused-ring (bicyclic) bond motifs is 1. The van der Waals surface area contributed by atoms with E-state index in [-0.39, 0.29) is 36.1 Å². The summed E-state index contributed by atoms with van der Waals surface area (Å²) in [7, 11) is 0. The van der Waals surface area contributed by atoms with Crippen molar-refractivity contribution in [2.24, 2.45) is 11.8 Å². The molecule has 4 rings (SSSR count). The number of hydrogen-bond donors (Lipinski definition) is 1. The molecule has 0 radical (unpaired) electrons. The van der Waals surface area contributed by atoms with Crippen LogP contribution in [0.3, 0.4) is 0 Å². The van der Waals surface area contributed by atoms with Gasteiger partial charge in [-0.15, -0.1) is 0 Å². The van der Waals surface area contributed by atoms with Gasteiger partial charge in [0.05, 0.1) is 22.5 Å². The molecule has 1 N–H and O–H groups in total. The normalized spacial score (nSPS) is 25.0. The van der Waals surface area contributed by atoms with Crippen molar-refractivity contribution in [2.45, 2.75) is 44.9 Å². The Hall–Kier alpha value is -2.08. The van der Waals surface area contributed by atoms with Crippen LogP contribution in [0.5, 0.6) is 0 Å². The number of anilines is 2. The van der Waals surface area contributed by atoms with Gasteiger partial charge >= 0.3 is 0 Å². The minimum absolute atomic E-state index is 0.191. The van der Waals surface area contributed by atoms with Crippen LogP contribution in [0.25, 0.3) is 0 Å². The van der Waals surface area contributed by atoms with Crippen molar-refractivity contribution in [3.05, 3.63) is 23.2 Å². The first-order valence-corrected chi connectivity index (χ1v) is 10.6. The summed E-state index contributed by atoms with van der Waals surface area (Å²) >= 11 is 6.43. The molecule has 2 heterocycles. The third-order valence-corrected chi connectivity index (χ3v) is 6.47. The lowest BCUT2D eigenvalue weighted by molar-refractivity contribution is -0.142. The third-order valence-electron chi connectivity index (χ3n) is 6.16. The third kappa shape index (κ3) is 3.75. The Bertz CT molecular complexity index is 767. The molecule has 2 aliphatic heterocycles. The molecule has 1 aliphatic carbocycles. The van der Waals surface area contributed by atoms with Gasteiger partial charge in [0.2, 0.25) is 17.7 Å². The van der Waals surface area contributed by atoms with Crippen LogP contribution in [-0.2, 0) is 14.4 Å². The molecule has 3 fully saturated rings. The van der Waals surface area contributed by atoms with E-state index in [9.17, 15) is 14.4 Å². The Kier molecular flexibility index (Phi) is 5.58. The highest BCUT2D eigenvalue weighted by atomic mass is 35.5. The number of piperidine rings is 1. The largest absolute Gasteiger partial charge is 0.370 e. The maximum Gasteiger partial charge on any atom is 0.244 e. The first kappa shape index (κ1) is 19.2. The molecule has 1 aromatic rings. The molecule has 3 amide bonds. The highest BCUT2D eigenvalue weighted by Gasteiger charge is 2.48. The molecular formula is C21H26ClN3O3. The number of amides is 3. The molecule has 6 nitrogen and oxygen atoms in total. The number of carbonyl (C=O) groups excluding carboxylic acids is 3. The highest BCUT2D eigenvalue weighted by molar-refractivity contribution is 6.33. The molecule has 1 aromatic carbocycles. The van der Waals surface area contributed by atoms with Crippen molar-refractivity contribution in [1.29, 1.82) is 0 Å². The zero-order valence-corrected chi connectivity index (χ0v) is 16.7. The van der Waals surface area contributed by atoms with Crippen LogP contribution >= 0.6 is 11.6 Å². The summed E-state index contributed by atoms with van der Waals surface area (Å²) in [6.45, 7) is 1.76. The predicted molar refractivity (Wildman–Crippen MR) is 108 cm³/mol. The van der Waals surface area contributed by atoms with Gasteiger partial charge < -0.3 is 10.2 Å². The van der Waals surface area contributed by atoms with Crippen molar-refractivity contribution < 1.29 is 14.4 Å². The number of rotatable bonds is 4. The number of carbonyl (C=O) groups is 3. The number of imide groups is 1. The monoisotopic (exact) mass is 403 g/mol. The average molecular weight is 404 g/mol. The fourth-order valence-corrected chi connectivity index (χ4v) is 5.01. The van der Waals surface area contributed by atoms with Crippen molar-refractivity contribution >= 4 is 40.7 Å². The first-order chi connectivity index (χ1) is 13.5. The second-order valence-electron chi connectivity index (χ2n) is 8.02. The Morgan fingerprint density at radius 2 is 1.64 bits per heavy atom. The molecule has 2 unspecified atom stereocenters. The number of halogens is 1. The smallest absolute Gasteiger partial charge is 0.244 e. The summed E-state index contributed by atoms with van der Waals surface area (Å²) in [6.07, 6.45) is 7.02. The van der Waals surface area contributed by atoms with E-state index in [4.69, 9.17) is 11.6 Å². The summed E-state index contributed by atoms with van der Waals surface area (Å²) in [4.78, 5) is 40.9.